The van der Waals surface area contributed by atoms with Crippen LogP contribution in [-0.4, -0.2) is 114 Å². The van der Waals surface area contributed by atoms with Crippen LogP contribution in [0.1, 0.15) is 98.4 Å². The Balaban J connectivity index is 0.711. The number of anilines is 2. The van der Waals surface area contributed by atoms with Crippen LogP contribution in [0, 0.1) is 23.7 Å². The molecule has 1 unspecified atom stereocenters. The molecular weight excluding hydrogens is 829 g/mol. The van der Waals surface area contributed by atoms with Crippen LogP contribution in [0.15, 0.2) is 47.7 Å². The van der Waals surface area contributed by atoms with Crippen LogP contribution in [0.5, 0.6) is 0 Å². The van der Waals surface area contributed by atoms with E-state index in [1.807, 2.05) is 18.2 Å². The number of rotatable bonds is 10. The van der Waals surface area contributed by atoms with E-state index in [9.17, 15) is 28.0 Å². The van der Waals surface area contributed by atoms with Gasteiger partial charge in [0.2, 0.25) is 11.8 Å². The van der Waals surface area contributed by atoms with E-state index < -0.39 is 30.0 Å². The molecule has 2 bridgehead atoms. The van der Waals surface area contributed by atoms with E-state index in [2.05, 4.69) is 49.4 Å². The Bertz CT molecular complexity index is 2740. The summed E-state index contributed by atoms with van der Waals surface area (Å²) >= 11 is 0. The maximum Gasteiger partial charge on any atom is 0.329 e. The highest BCUT2D eigenvalue weighted by atomic mass is 19.3. The highest BCUT2D eigenvalue weighted by Gasteiger charge is 2.40. The molecule has 8 heterocycles. The molecule has 5 fully saturated rings. The second-order valence-electron chi connectivity index (χ2n) is 18.0. The van der Waals surface area contributed by atoms with Gasteiger partial charge in [-0.1, -0.05) is 24.8 Å². The molecule has 4 aliphatic heterocycles. The standard InChI is InChI=1S/C45H51F2N11O6/c1-26-21-54(16-14-36(26)63-18-4-6-28-5-3-7-34-40(28)53(2)45(62)58(34)35-12-13-38(59)51-44(35)61)22-27-8-10-29(11-9-27)57-24-33(39(52-57)41(46)47)49-43(60)32-20-48-56-17-15-37(50-42(32)56)55-23-31-19-30(55)25-64-31/h3,5,7,15,17,20,24,26-27,29-31,35-36,41H,8-14,16,18-19,21-23,25H2,1-2H3,(H,49,60)(H,51,59,61)/t26-,27?,29?,30+,31+,35?,36-/m0/s1. The van der Waals surface area contributed by atoms with Gasteiger partial charge in [-0.05, 0) is 75.0 Å². The van der Waals surface area contributed by atoms with Gasteiger partial charge in [0, 0.05) is 52.0 Å². The fourth-order valence-electron chi connectivity index (χ4n) is 10.5. The number of ether oxygens (including phenoxy) is 2. The summed E-state index contributed by atoms with van der Waals surface area (Å²) < 4.78 is 46.7. The van der Waals surface area contributed by atoms with Gasteiger partial charge in [-0.3, -0.25) is 33.5 Å². The molecule has 5 aromatic rings. The molecule has 0 radical (unpaired) electrons. The molecule has 1 aliphatic carbocycles. The van der Waals surface area contributed by atoms with Crippen LogP contribution in [0.2, 0.25) is 0 Å². The molecular formula is C45H51F2N11O6. The van der Waals surface area contributed by atoms with Crippen molar-refractivity contribution in [2.24, 2.45) is 18.9 Å². The van der Waals surface area contributed by atoms with Crippen LogP contribution < -0.4 is 21.2 Å². The summed E-state index contributed by atoms with van der Waals surface area (Å²) in [6.45, 7) is 6.55. The number of nitrogens with one attached hydrogen (secondary N) is 2. The second kappa shape index (κ2) is 17.2. The summed E-state index contributed by atoms with van der Waals surface area (Å²) in [7, 11) is 1.66. The van der Waals surface area contributed by atoms with Crippen molar-refractivity contribution in [3.8, 4) is 11.8 Å². The number of benzene rings is 1. The summed E-state index contributed by atoms with van der Waals surface area (Å²) in [5.41, 5.74) is 1.62. The van der Waals surface area contributed by atoms with Crippen LogP contribution in [0.3, 0.4) is 0 Å². The van der Waals surface area contributed by atoms with Crippen molar-refractivity contribution >= 4 is 45.9 Å². The molecule has 4 saturated heterocycles. The summed E-state index contributed by atoms with van der Waals surface area (Å²) in [6.07, 6.45) is 7.77. The van der Waals surface area contributed by atoms with Gasteiger partial charge in [0.25, 0.3) is 12.3 Å². The molecule has 3 amide bonds. The number of nitrogens with zero attached hydrogens (tertiary/aromatic N) is 9. The number of morpholine rings is 1. The molecule has 64 heavy (non-hydrogen) atoms. The number of piperidine rings is 2. The van der Waals surface area contributed by atoms with E-state index in [0.29, 0.717) is 34.8 Å². The van der Waals surface area contributed by atoms with Crippen molar-refractivity contribution in [1.29, 1.82) is 0 Å². The maximum absolute atomic E-state index is 14.3. The van der Waals surface area contributed by atoms with Gasteiger partial charge in [-0.2, -0.15) is 10.2 Å². The first-order valence-electron chi connectivity index (χ1n) is 22.3. The minimum absolute atomic E-state index is 0.0114. The van der Waals surface area contributed by atoms with Crippen LogP contribution in [0.4, 0.5) is 20.3 Å². The van der Waals surface area contributed by atoms with Crippen LogP contribution >= 0.6 is 0 Å². The third-order valence-electron chi connectivity index (χ3n) is 13.8. The SMILES string of the molecule is C[C@H]1CN(CC2CCC(n3cc(NC(=O)c4cnn5ccc(N6C[C@H]7C[C@@H]6CO7)nc45)c(C(F)F)n3)CC2)CC[C@@H]1OCC#Cc1cccc2c1n(C)c(=O)n2C1CCC(=O)NC1=O. The zero-order valence-electron chi connectivity index (χ0n) is 35.8. The number of halogens is 2. The average Bonchev–Trinajstić information content (AvgIpc) is 4.13. The summed E-state index contributed by atoms with van der Waals surface area (Å²) in [5.74, 6) is 6.42. The fraction of sp³-hybridized carbons (Fsp3) is 0.533. The minimum atomic E-state index is -2.87. The van der Waals surface area contributed by atoms with Crippen molar-refractivity contribution < 1.29 is 32.6 Å². The van der Waals surface area contributed by atoms with Gasteiger partial charge >= 0.3 is 5.69 Å². The van der Waals surface area contributed by atoms with Crippen molar-refractivity contribution in [3.05, 3.63) is 70.2 Å². The highest BCUT2D eigenvalue weighted by Crippen LogP contribution is 2.37. The first-order chi connectivity index (χ1) is 31.0. The Morgan fingerprint density at radius 2 is 1.92 bits per heavy atom. The minimum Gasteiger partial charge on any atom is -0.374 e. The van der Waals surface area contributed by atoms with Gasteiger partial charge < -0.3 is 24.6 Å². The first-order valence-corrected chi connectivity index (χ1v) is 22.3. The Labute approximate surface area is 367 Å². The van der Waals surface area contributed by atoms with Gasteiger partial charge in [-0.25, -0.2) is 23.1 Å². The van der Waals surface area contributed by atoms with E-state index in [4.69, 9.17) is 14.5 Å². The third-order valence-corrected chi connectivity index (χ3v) is 13.8. The zero-order valence-corrected chi connectivity index (χ0v) is 35.8. The Hall–Kier alpha value is -5.97. The monoisotopic (exact) mass is 879 g/mol. The van der Waals surface area contributed by atoms with E-state index in [1.54, 1.807) is 24.0 Å². The number of imide groups is 1. The number of para-hydroxylation sites is 1. The van der Waals surface area contributed by atoms with Crippen LogP contribution in [0.25, 0.3) is 16.7 Å². The number of aryl methyl sites for hydroxylation is 1. The second-order valence-corrected chi connectivity index (χ2v) is 18.0. The number of aromatic nitrogens is 7. The lowest BCUT2D eigenvalue weighted by Gasteiger charge is -2.39. The number of likely N-dealkylation sites (tertiary alicyclic amines) is 1. The molecule has 1 aromatic carbocycles. The van der Waals surface area contributed by atoms with Crippen LogP contribution in [-0.2, 0) is 26.1 Å². The lowest BCUT2D eigenvalue weighted by molar-refractivity contribution is -0.135. The summed E-state index contributed by atoms with van der Waals surface area (Å²) in [5, 5.41) is 13.6. The smallest absolute Gasteiger partial charge is 0.329 e. The summed E-state index contributed by atoms with van der Waals surface area (Å²) in [4.78, 5) is 60.6. The topological polar surface area (TPSA) is 175 Å². The molecule has 19 heteroatoms. The zero-order chi connectivity index (χ0) is 44.2. The molecule has 4 aromatic heterocycles. The fourth-order valence-corrected chi connectivity index (χ4v) is 10.5. The summed E-state index contributed by atoms with van der Waals surface area (Å²) in [6, 6.07) is 6.73. The number of alkyl halides is 2. The Kier molecular flexibility index (Phi) is 11.3. The largest absolute Gasteiger partial charge is 0.374 e. The first kappa shape index (κ1) is 42.0. The molecule has 17 nitrogen and oxygen atoms in total. The molecule has 5 atom stereocenters. The van der Waals surface area contributed by atoms with Gasteiger partial charge in [0.1, 0.15) is 24.0 Å². The molecule has 10 rings (SSSR count). The lowest BCUT2D eigenvalue weighted by atomic mass is 9.85. The average molecular weight is 880 g/mol. The number of amides is 3. The van der Waals surface area contributed by atoms with E-state index in [1.165, 1.54) is 26.0 Å². The third kappa shape index (κ3) is 7.96. The number of hydrogen-bond acceptors (Lipinski definition) is 11. The van der Waals surface area contributed by atoms with E-state index in [0.717, 1.165) is 70.5 Å². The van der Waals surface area contributed by atoms with E-state index in [-0.39, 0.29) is 72.5 Å². The predicted molar refractivity (Wildman–Crippen MR) is 230 cm³/mol. The van der Waals surface area contributed by atoms with Crippen molar-refractivity contribution in [3.63, 3.8) is 0 Å². The van der Waals surface area contributed by atoms with Gasteiger partial charge in [-0.15, -0.1) is 0 Å². The maximum atomic E-state index is 14.3. The molecule has 1 saturated carbocycles. The van der Waals surface area contributed by atoms with E-state index >= 15 is 0 Å². The number of hydrogen-bond donors (Lipinski definition) is 2. The molecule has 2 N–H and O–H groups in total. The normalized spacial score (nSPS) is 26.2. The Morgan fingerprint density at radius 3 is 2.67 bits per heavy atom. The number of carbonyl (C=O) groups excluding carboxylic acids is 3. The predicted octanol–water partition coefficient (Wildman–Crippen LogP) is 4.23. The molecule has 5 aliphatic rings. The molecule has 336 valence electrons. The Morgan fingerprint density at radius 1 is 1.08 bits per heavy atom. The molecule has 0 spiro atoms. The lowest BCUT2D eigenvalue weighted by Crippen LogP contribution is -2.45. The highest BCUT2D eigenvalue weighted by molar-refractivity contribution is 6.08. The van der Waals surface area contributed by atoms with Gasteiger partial charge in [0.15, 0.2) is 11.3 Å². The van der Waals surface area contributed by atoms with Crippen molar-refractivity contribution in [1.82, 2.24) is 43.7 Å². The quantitative estimate of drug-likeness (QED) is 0.152. The van der Waals surface area contributed by atoms with Crippen molar-refractivity contribution in [2.75, 3.05) is 49.6 Å². The number of imidazole rings is 1. The number of fused-ring (bicyclic) bond motifs is 4. The number of carbonyl (C=O) groups is 3. The van der Waals surface area contributed by atoms with Crippen molar-refractivity contribution in [2.45, 2.75) is 95.0 Å². The van der Waals surface area contributed by atoms with Gasteiger partial charge in [0.05, 0.1) is 59.4 Å².